The monoisotopic (exact) mass is 181 g/mol. The second kappa shape index (κ2) is 2.33. The van der Waals surface area contributed by atoms with Gasteiger partial charge in [-0.25, -0.2) is 0 Å². The summed E-state index contributed by atoms with van der Waals surface area (Å²) in [6.07, 6.45) is 2.36. The molecule has 2 rings (SSSR count). The van der Waals surface area contributed by atoms with Gasteiger partial charge in [-0.3, -0.25) is 0 Å². The molecule has 2 N–H and O–H groups in total. The fourth-order valence-corrected chi connectivity index (χ4v) is 2.60. The molecule has 1 fully saturated rings. The smallest absolute Gasteiger partial charge is 0.0256 e. The number of hydrogen-bond acceptors (Lipinski definition) is 2. The van der Waals surface area contributed by atoms with E-state index in [9.17, 15) is 0 Å². The van der Waals surface area contributed by atoms with Gasteiger partial charge in [-0.05, 0) is 24.3 Å². The molecule has 1 heterocycles. The minimum atomic E-state index is 0.0812. The molecule has 0 radical (unpaired) electrons. The van der Waals surface area contributed by atoms with E-state index < -0.39 is 0 Å². The van der Waals surface area contributed by atoms with Gasteiger partial charge in [-0.15, -0.1) is 11.3 Å². The summed E-state index contributed by atoms with van der Waals surface area (Å²) in [5.74, 6) is 0. The van der Waals surface area contributed by atoms with Gasteiger partial charge in [0.25, 0.3) is 0 Å². The Balaban J connectivity index is 2.33. The summed E-state index contributed by atoms with van der Waals surface area (Å²) in [7, 11) is 0. The van der Waals surface area contributed by atoms with Crippen molar-refractivity contribution >= 4 is 11.3 Å². The number of nitrogens with two attached hydrogens (primary N) is 1. The molecule has 1 aromatic rings. The van der Waals surface area contributed by atoms with Crippen molar-refractivity contribution in [3.63, 3.8) is 0 Å². The Kier molecular flexibility index (Phi) is 1.61. The van der Waals surface area contributed by atoms with Gasteiger partial charge in [-0.1, -0.05) is 19.9 Å². The Labute approximate surface area is 77.6 Å². The summed E-state index contributed by atoms with van der Waals surface area (Å²) in [4.78, 5) is 1.42. The number of hydrogen-bond donors (Lipinski definition) is 1. The first-order chi connectivity index (χ1) is 5.56. The third kappa shape index (κ3) is 1.02. The molecule has 12 heavy (non-hydrogen) atoms. The van der Waals surface area contributed by atoms with Crippen molar-refractivity contribution in [1.29, 1.82) is 0 Å². The van der Waals surface area contributed by atoms with Gasteiger partial charge < -0.3 is 5.73 Å². The molecule has 0 atom stereocenters. The third-order valence-corrected chi connectivity index (χ3v) is 4.36. The van der Waals surface area contributed by atoms with Gasteiger partial charge in [0.1, 0.15) is 0 Å². The molecule has 2 heteroatoms. The summed E-state index contributed by atoms with van der Waals surface area (Å²) >= 11 is 1.82. The topological polar surface area (TPSA) is 26.0 Å². The van der Waals surface area contributed by atoms with E-state index in [-0.39, 0.29) is 11.0 Å². The Bertz CT molecular complexity index is 270. The van der Waals surface area contributed by atoms with E-state index >= 15 is 0 Å². The Hall–Kier alpha value is -0.340. The molecule has 1 saturated carbocycles. The molecule has 0 amide bonds. The average Bonchev–Trinajstić information content (AvgIpc) is 2.59. The van der Waals surface area contributed by atoms with Crippen LogP contribution in [0.3, 0.4) is 0 Å². The van der Waals surface area contributed by atoms with Crippen molar-refractivity contribution < 1.29 is 0 Å². The van der Waals surface area contributed by atoms with Gasteiger partial charge in [0.15, 0.2) is 0 Å². The van der Waals surface area contributed by atoms with Crippen LogP contribution < -0.4 is 5.73 Å². The van der Waals surface area contributed by atoms with Crippen LogP contribution in [0.4, 0.5) is 0 Å². The number of rotatable bonds is 2. The highest BCUT2D eigenvalue weighted by atomic mass is 32.1. The quantitative estimate of drug-likeness (QED) is 0.745. The summed E-state index contributed by atoms with van der Waals surface area (Å²) in [5.41, 5.74) is 6.47. The lowest BCUT2D eigenvalue weighted by atomic mass is 9.81. The molecule has 1 nitrogen and oxygen atoms in total. The zero-order valence-corrected chi connectivity index (χ0v) is 8.45. The second-order valence-electron chi connectivity index (χ2n) is 4.26. The van der Waals surface area contributed by atoms with Gasteiger partial charge in [0.2, 0.25) is 0 Å². The zero-order valence-electron chi connectivity index (χ0n) is 7.63. The van der Waals surface area contributed by atoms with Crippen LogP contribution in [0.25, 0.3) is 0 Å². The second-order valence-corrected chi connectivity index (χ2v) is 5.21. The summed E-state index contributed by atoms with van der Waals surface area (Å²) in [6, 6.07) is 4.30. The lowest BCUT2D eigenvalue weighted by Gasteiger charge is -2.30. The standard InChI is InChI=1S/C10H15NS/c1-9(2,10(11)5-6-10)8-4-3-7-12-8/h3-4,7H,5-6,11H2,1-2H3. The molecule has 0 saturated heterocycles. The lowest BCUT2D eigenvalue weighted by Crippen LogP contribution is -2.42. The summed E-state index contributed by atoms with van der Waals surface area (Å²) in [6.45, 7) is 4.51. The van der Waals surface area contributed by atoms with E-state index in [0.717, 1.165) is 0 Å². The van der Waals surface area contributed by atoms with Crippen molar-refractivity contribution in [3.8, 4) is 0 Å². The van der Waals surface area contributed by atoms with Crippen LogP contribution >= 0.6 is 11.3 Å². The van der Waals surface area contributed by atoms with Crippen LogP contribution in [0.1, 0.15) is 31.6 Å². The highest BCUT2D eigenvalue weighted by molar-refractivity contribution is 7.10. The highest BCUT2D eigenvalue weighted by Gasteiger charge is 2.52. The van der Waals surface area contributed by atoms with Crippen LogP contribution in [-0.2, 0) is 5.41 Å². The first kappa shape index (κ1) is 8.27. The van der Waals surface area contributed by atoms with E-state index in [0.29, 0.717) is 0 Å². The lowest BCUT2D eigenvalue weighted by molar-refractivity contribution is 0.398. The Morgan fingerprint density at radius 1 is 1.50 bits per heavy atom. The van der Waals surface area contributed by atoms with Crippen molar-refractivity contribution in [3.05, 3.63) is 22.4 Å². The predicted molar refractivity (Wildman–Crippen MR) is 53.5 cm³/mol. The molecule has 0 bridgehead atoms. The number of thiophene rings is 1. The molecular formula is C10H15NS. The van der Waals surface area contributed by atoms with E-state index in [1.54, 1.807) is 0 Å². The van der Waals surface area contributed by atoms with Gasteiger partial charge in [0, 0.05) is 15.8 Å². The minimum Gasteiger partial charge on any atom is -0.324 e. The molecule has 1 aliphatic carbocycles. The molecular weight excluding hydrogens is 166 g/mol. The van der Waals surface area contributed by atoms with Gasteiger partial charge in [-0.2, -0.15) is 0 Å². The maximum absolute atomic E-state index is 6.22. The molecule has 1 aromatic heterocycles. The first-order valence-corrected chi connectivity index (χ1v) is 5.27. The van der Waals surface area contributed by atoms with Gasteiger partial charge in [0.05, 0.1) is 0 Å². The maximum atomic E-state index is 6.22. The van der Waals surface area contributed by atoms with Crippen molar-refractivity contribution in [2.75, 3.05) is 0 Å². The maximum Gasteiger partial charge on any atom is 0.0256 e. The highest BCUT2D eigenvalue weighted by Crippen LogP contribution is 2.50. The normalized spacial score (nSPS) is 20.9. The molecule has 1 aliphatic rings. The Morgan fingerprint density at radius 3 is 2.58 bits per heavy atom. The average molecular weight is 181 g/mol. The minimum absolute atomic E-state index is 0.0812. The predicted octanol–water partition coefficient (Wildman–Crippen LogP) is 2.52. The van der Waals surface area contributed by atoms with Crippen LogP contribution in [0.15, 0.2) is 17.5 Å². The molecule has 0 aromatic carbocycles. The molecule has 0 unspecified atom stereocenters. The Morgan fingerprint density at radius 2 is 2.17 bits per heavy atom. The van der Waals surface area contributed by atoms with Crippen LogP contribution in [0, 0.1) is 0 Å². The van der Waals surface area contributed by atoms with Gasteiger partial charge >= 0.3 is 0 Å². The largest absolute Gasteiger partial charge is 0.324 e. The van der Waals surface area contributed by atoms with E-state index in [1.807, 2.05) is 11.3 Å². The summed E-state index contributed by atoms with van der Waals surface area (Å²) < 4.78 is 0. The zero-order chi connectivity index (χ0) is 8.82. The summed E-state index contributed by atoms with van der Waals surface area (Å²) in [5, 5.41) is 2.13. The molecule has 66 valence electrons. The SMILES string of the molecule is CC(C)(c1cccs1)C1(N)CC1. The molecule has 0 spiro atoms. The van der Waals surface area contributed by atoms with Crippen molar-refractivity contribution in [1.82, 2.24) is 0 Å². The third-order valence-electron chi connectivity index (χ3n) is 3.17. The van der Waals surface area contributed by atoms with E-state index in [2.05, 4.69) is 31.4 Å². The van der Waals surface area contributed by atoms with E-state index in [4.69, 9.17) is 5.73 Å². The first-order valence-electron chi connectivity index (χ1n) is 4.39. The van der Waals surface area contributed by atoms with E-state index in [1.165, 1.54) is 17.7 Å². The van der Waals surface area contributed by atoms with Crippen LogP contribution in [-0.4, -0.2) is 5.54 Å². The fourth-order valence-electron chi connectivity index (χ4n) is 1.64. The fraction of sp³-hybridized carbons (Fsp3) is 0.600. The van der Waals surface area contributed by atoms with Crippen LogP contribution in [0.2, 0.25) is 0 Å². The van der Waals surface area contributed by atoms with Crippen molar-refractivity contribution in [2.45, 2.75) is 37.6 Å². The van der Waals surface area contributed by atoms with Crippen molar-refractivity contribution in [2.24, 2.45) is 5.73 Å². The molecule has 0 aliphatic heterocycles. The van der Waals surface area contributed by atoms with Crippen LogP contribution in [0.5, 0.6) is 0 Å².